The van der Waals surface area contributed by atoms with Crippen LogP contribution in [0.5, 0.6) is 5.75 Å². The lowest BCUT2D eigenvalue weighted by Crippen LogP contribution is -2.60. The minimum absolute atomic E-state index is 0.00191. The quantitative estimate of drug-likeness (QED) is 0.194. The lowest BCUT2D eigenvalue weighted by Gasteiger charge is -2.41. The number of halogens is 2. The van der Waals surface area contributed by atoms with Crippen LogP contribution in [0.15, 0.2) is 36.5 Å². The van der Waals surface area contributed by atoms with E-state index in [1.54, 1.807) is 39.1 Å². The normalized spacial score (nSPS) is 17.8. The molecule has 4 rings (SSSR count). The van der Waals surface area contributed by atoms with E-state index in [4.69, 9.17) is 11.6 Å². The fraction of sp³-hybridized carbons (Fsp3) is 0.455. The Hall–Kier alpha value is -3.92. The summed E-state index contributed by atoms with van der Waals surface area (Å²) in [6, 6.07) is 7.13. The van der Waals surface area contributed by atoms with Crippen molar-refractivity contribution in [3.05, 3.63) is 52.9 Å². The number of ketones is 1. The number of pyridine rings is 1. The Labute approximate surface area is 261 Å². The average Bonchev–Trinajstić information content (AvgIpc) is 2.93. The molecule has 1 unspecified atom stereocenters. The third-order valence-electron chi connectivity index (χ3n) is 8.13. The number of nitrogens with zero attached hydrogens (tertiary/aromatic N) is 2. The molecule has 1 atom stereocenters. The molecule has 11 heteroatoms. The number of carboxylic acid groups (broad SMARTS) is 1. The van der Waals surface area contributed by atoms with E-state index in [1.807, 2.05) is 19.9 Å². The number of carbonyl (C=O) groups excluding carboxylic acids is 2. The van der Waals surface area contributed by atoms with Crippen molar-refractivity contribution in [2.45, 2.75) is 90.9 Å². The van der Waals surface area contributed by atoms with Gasteiger partial charge in [0.2, 0.25) is 5.91 Å². The average molecular weight is 627 g/mol. The summed E-state index contributed by atoms with van der Waals surface area (Å²) in [6.45, 7) is 10.5. The molecule has 0 saturated heterocycles. The number of amides is 2. The van der Waals surface area contributed by atoms with Gasteiger partial charge in [0.05, 0.1) is 21.8 Å². The number of hydrogen-bond donors (Lipinski definition) is 4. The maximum Gasteiger partial charge on any atom is 0.408 e. The molecule has 1 saturated carbocycles. The summed E-state index contributed by atoms with van der Waals surface area (Å²) in [6.07, 6.45) is 3.17. The summed E-state index contributed by atoms with van der Waals surface area (Å²) in [5, 5.41) is 26.9. The lowest BCUT2D eigenvalue weighted by atomic mass is 9.89. The van der Waals surface area contributed by atoms with Gasteiger partial charge in [-0.05, 0) is 94.7 Å². The zero-order chi connectivity index (χ0) is 32.5. The van der Waals surface area contributed by atoms with E-state index in [0.29, 0.717) is 59.0 Å². The van der Waals surface area contributed by atoms with Crippen LogP contribution in [0.1, 0.15) is 77.6 Å². The first-order valence-electron chi connectivity index (χ1n) is 14.8. The molecule has 1 aliphatic rings. The predicted octanol–water partition coefficient (Wildman–Crippen LogP) is 7.24. The molecule has 1 heterocycles. The van der Waals surface area contributed by atoms with Crippen LogP contribution < -0.4 is 10.6 Å². The van der Waals surface area contributed by atoms with Crippen LogP contribution in [0.25, 0.3) is 22.0 Å². The first-order valence-corrected chi connectivity index (χ1v) is 15.2. The van der Waals surface area contributed by atoms with E-state index in [2.05, 4.69) is 15.6 Å². The van der Waals surface area contributed by atoms with E-state index in [0.717, 1.165) is 0 Å². The highest BCUT2D eigenvalue weighted by molar-refractivity contribution is 6.32. The number of phenols is 1. The van der Waals surface area contributed by atoms with Crippen LogP contribution in [0.3, 0.4) is 0 Å². The number of anilines is 1. The second-order valence-corrected chi connectivity index (χ2v) is 13.2. The van der Waals surface area contributed by atoms with Crippen molar-refractivity contribution in [1.29, 1.82) is 0 Å². The van der Waals surface area contributed by atoms with Gasteiger partial charge in [-0.25, -0.2) is 9.18 Å². The van der Waals surface area contributed by atoms with Crippen LogP contribution in [0.4, 0.5) is 14.9 Å². The molecule has 44 heavy (non-hydrogen) atoms. The molecule has 0 spiro atoms. The third-order valence-corrected chi connectivity index (χ3v) is 8.41. The number of Topliss-reactive ketones (excluding diaryl/α,β-unsaturated/α-hetero) is 1. The maximum absolute atomic E-state index is 14.3. The van der Waals surface area contributed by atoms with Crippen molar-refractivity contribution >= 4 is 46.0 Å². The van der Waals surface area contributed by atoms with Crippen LogP contribution in [0, 0.1) is 11.7 Å². The first-order chi connectivity index (χ1) is 20.6. The number of aromatic hydroxyl groups is 1. The minimum Gasteiger partial charge on any atom is -0.504 e. The summed E-state index contributed by atoms with van der Waals surface area (Å²) in [4.78, 5) is 43.8. The third kappa shape index (κ3) is 7.07. The topological polar surface area (TPSA) is 132 Å². The van der Waals surface area contributed by atoms with Crippen molar-refractivity contribution in [3.8, 4) is 16.9 Å². The molecule has 1 aromatic heterocycles. The summed E-state index contributed by atoms with van der Waals surface area (Å²) in [7, 11) is 0. The molecule has 3 aromatic rings. The summed E-state index contributed by atoms with van der Waals surface area (Å²) < 4.78 is 14.3. The monoisotopic (exact) mass is 626 g/mol. The highest BCUT2D eigenvalue weighted by Crippen LogP contribution is 2.36. The molecule has 4 N–H and O–H groups in total. The maximum atomic E-state index is 14.3. The Balaban J connectivity index is 1.54. The van der Waals surface area contributed by atoms with E-state index >= 15 is 0 Å². The summed E-state index contributed by atoms with van der Waals surface area (Å²) >= 11 is 6.03. The summed E-state index contributed by atoms with van der Waals surface area (Å²) in [5.74, 6) is -2.12. The van der Waals surface area contributed by atoms with Crippen LogP contribution in [0.2, 0.25) is 5.02 Å². The molecule has 9 nitrogen and oxygen atoms in total. The van der Waals surface area contributed by atoms with Gasteiger partial charge >= 0.3 is 6.09 Å². The van der Waals surface area contributed by atoms with E-state index < -0.39 is 29.2 Å². The van der Waals surface area contributed by atoms with Gasteiger partial charge in [-0.15, -0.1) is 0 Å². The van der Waals surface area contributed by atoms with Gasteiger partial charge in [-0.3, -0.25) is 19.5 Å². The van der Waals surface area contributed by atoms with Crippen LogP contribution in [-0.2, 0) is 4.79 Å². The molecule has 0 bridgehead atoms. The fourth-order valence-corrected chi connectivity index (χ4v) is 6.15. The van der Waals surface area contributed by atoms with Gasteiger partial charge < -0.3 is 20.8 Å². The van der Waals surface area contributed by atoms with Gasteiger partial charge in [0.25, 0.3) is 0 Å². The number of aromatic nitrogens is 1. The Morgan fingerprint density at radius 1 is 1.05 bits per heavy atom. The molecule has 1 fully saturated rings. The number of fused-ring (bicyclic) bond motifs is 1. The zero-order valence-electron chi connectivity index (χ0n) is 25.9. The number of hydrogen-bond acceptors (Lipinski definition) is 6. The SMILES string of the molecule is CC(=O)c1cnc2ccc(-c3cc(F)c(O)c(Cl)c3)cc2c1N[C@H]1CC[C@H](NC(=O)C(C(C)C)N(C(=O)O)C(C)(C)C)CC1. The first kappa shape index (κ1) is 33.0. The Morgan fingerprint density at radius 2 is 1.68 bits per heavy atom. The Bertz CT molecular complexity index is 1560. The highest BCUT2D eigenvalue weighted by atomic mass is 35.5. The number of benzene rings is 2. The smallest absolute Gasteiger partial charge is 0.408 e. The number of nitrogens with one attached hydrogen (secondary N) is 2. The molecular formula is C33H40ClFN4O5. The van der Waals surface area contributed by atoms with E-state index in [9.17, 15) is 29.0 Å². The zero-order valence-corrected chi connectivity index (χ0v) is 26.6. The van der Waals surface area contributed by atoms with Gasteiger partial charge in [0.15, 0.2) is 17.3 Å². The largest absolute Gasteiger partial charge is 0.504 e. The fourth-order valence-electron chi connectivity index (χ4n) is 5.94. The van der Waals surface area contributed by atoms with Crippen molar-refractivity contribution in [1.82, 2.24) is 15.2 Å². The molecule has 0 radical (unpaired) electrons. The van der Waals surface area contributed by atoms with Gasteiger partial charge in [-0.1, -0.05) is 31.5 Å². The van der Waals surface area contributed by atoms with Gasteiger partial charge in [-0.2, -0.15) is 0 Å². The predicted molar refractivity (Wildman–Crippen MR) is 170 cm³/mol. The van der Waals surface area contributed by atoms with Crippen LogP contribution in [-0.4, -0.2) is 61.5 Å². The van der Waals surface area contributed by atoms with Gasteiger partial charge in [0, 0.05) is 29.2 Å². The van der Waals surface area contributed by atoms with Crippen molar-refractivity contribution in [2.24, 2.45) is 5.92 Å². The molecule has 0 aliphatic heterocycles. The molecular weight excluding hydrogens is 587 g/mol. The number of phenolic OH excluding ortho intramolecular Hbond substituents is 1. The minimum atomic E-state index is -1.13. The Kier molecular flexibility index (Phi) is 9.73. The number of carbonyl (C=O) groups is 3. The second-order valence-electron chi connectivity index (χ2n) is 12.8. The van der Waals surface area contributed by atoms with Crippen LogP contribution >= 0.6 is 11.6 Å². The molecule has 236 valence electrons. The highest BCUT2D eigenvalue weighted by Gasteiger charge is 2.40. The van der Waals surface area contributed by atoms with Crippen molar-refractivity contribution < 1.29 is 29.0 Å². The van der Waals surface area contributed by atoms with E-state index in [-0.39, 0.29) is 34.7 Å². The Morgan fingerprint density at radius 3 is 2.23 bits per heavy atom. The lowest BCUT2D eigenvalue weighted by molar-refractivity contribution is -0.130. The van der Waals surface area contributed by atoms with Crippen molar-refractivity contribution in [3.63, 3.8) is 0 Å². The second kappa shape index (κ2) is 13.0. The molecule has 1 aliphatic carbocycles. The standard InChI is InChI=1S/C33H40ClFN4O5/c1-17(2)29(39(32(43)44)33(4,5)6)31(42)38-22-10-8-21(9-11-22)37-28-23-13-19(20-14-25(34)30(41)26(35)15-20)7-12-27(23)36-16-24(28)18(3)40/h7,12-17,21-22,29,41H,8-11H2,1-6H3,(H,36,37)(H,38,42)(H,43,44)/t21-,22-,29?. The van der Waals surface area contributed by atoms with Crippen molar-refractivity contribution in [2.75, 3.05) is 5.32 Å². The molecule has 2 amide bonds. The molecule has 2 aromatic carbocycles. The number of rotatable bonds is 8. The van der Waals surface area contributed by atoms with Gasteiger partial charge in [0.1, 0.15) is 6.04 Å². The summed E-state index contributed by atoms with van der Waals surface area (Å²) in [5.41, 5.74) is 2.06. The van der Waals surface area contributed by atoms with E-state index in [1.165, 1.54) is 24.0 Å².